The highest BCUT2D eigenvalue weighted by Crippen LogP contribution is 2.25. The first-order valence-electron chi connectivity index (χ1n) is 6.79. The van der Waals surface area contributed by atoms with Gasteiger partial charge in [0.05, 0.1) is 17.1 Å². The SMILES string of the molecule is CCOC(=O)c1ccccc1-c1ccc(S(=O)(=O)NC)cc1. The maximum Gasteiger partial charge on any atom is 0.338 e. The van der Waals surface area contributed by atoms with Gasteiger partial charge in [-0.25, -0.2) is 17.9 Å². The molecule has 5 nitrogen and oxygen atoms in total. The Kier molecular flexibility index (Phi) is 4.95. The molecular formula is C16H17NO4S. The van der Waals surface area contributed by atoms with Gasteiger partial charge in [-0.05, 0) is 43.3 Å². The number of carbonyl (C=O) groups is 1. The number of sulfonamides is 1. The van der Waals surface area contributed by atoms with Crippen LogP contribution in [0.3, 0.4) is 0 Å². The normalized spacial score (nSPS) is 11.2. The Morgan fingerprint density at radius 2 is 1.73 bits per heavy atom. The maximum atomic E-state index is 12.0. The summed E-state index contributed by atoms with van der Waals surface area (Å²) >= 11 is 0. The molecule has 6 heteroatoms. The highest BCUT2D eigenvalue weighted by molar-refractivity contribution is 7.89. The molecule has 0 spiro atoms. The van der Waals surface area contributed by atoms with Gasteiger partial charge in [-0.2, -0.15) is 0 Å². The minimum Gasteiger partial charge on any atom is -0.462 e. The Bertz CT molecular complexity index is 767. The van der Waals surface area contributed by atoms with Crippen LogP contribution in [-0.4, -0.2) is 28.0 Å². The van der Waals surface area contributed by atoms with Crippen molar-refractivity contribution in [2.45, 2.75) is 11.8 Å². The monoisotopic (exact) mass is 319 g/mol. The van der Waals surface area contributed by atoms with Gasteiger partial charge in [0, 0.05) is 0 Å². The molecule has 0 unspecified atom stereocenters. The summed E-state index contributed by atoms with van der Waals surface area (Å²) in [6.45, 7) is 2.05. The van der Waals surface area contributed by atoms with E-state index >= 15 is 0 Å². The number of esters is 1. The van der Waals surface area contributed by atoms with E-state index in [0.717, 1.165) is 5.56 Å². The summed E-state index contributed by atoms with van der Waals surface area (Å²) in [6, 6.07) is 13.4. The van der Waals surface area contributed by atoms with E-state index in [4.69, 9.17) is 4.74 Å². The zero-order valence-corrected chi connectivity index (χ0v) is 13.2. The summed E-state index contributed by atoms with van der Waals surface area (Å²) in [5.74, 6) is -0.398. The van der Waals surface area contributed by atoms with Gasteiger partial charge >= 0.3 is 5.97 Å². The number of benzene rings is 2. The van der Waals surface area contributed by atoms with Crippen LogP contribution < -0.4 is 4.72 Å². The number of ether oxygens (including phenoxy) is 1. The molecule has 1 N–H and O–H groups in total. The van der Waals surface area contributed by atoms with E-state index in [1.807, 2.05) is 6.07 Å². The second-order valence-corrected chi connectivity index (χ2v) is 6.38. The number of hydrogen-bond donors (Lipinski definition) is 1. The molecule has 0 aliphatic carbocycles. The Morgan fingerprint density at radius 3 is 2.32 bits per heavy atom. The summed E-state index contributed by atoms with van der Waals surface area (Å²) in [5, 5.41) is 0. The van der Waals surface area contributed by atoms with Crippen LogP contribution in [0.4, 0.5) is 0 Å². The van der Waals surface area contributed by atoms with Crippen molar-refractivity contribution in [3.8, 4) is 11.1 Å². The van der Waals surface area contributed by atoms with Gasteiger partial charge in [-0.1, -0.05) is 30.3 Å². The zero-order valence-electron chi connectivity index (χ0n) is 12.4. The van der Waals surface area contributed by atoms with Gasteiger partial charge in [0.2, 0.25) is 10.0 Å². The van der Waals surface area contributed by atoms with E-state index in [2.05, 4.69) is 4.72 Å². The fourth-order valence-electron chi connectivity index (χ4n) is 2.05. The lowest BCUT2D eigenvalue weighted by Crippen LogP contribution is -2.18. The molecule has 0 bridgehead atoms. The molecule has 0 aliphatic rings. The lowest BCUT2D eigenvalue weighted by Gasteiger charge is -2.10. The fourth-order valence-corrected chi connectivity index (χ4v) is 2.78. The van der Waals surface area contributed by atoms with Crippen molar-refractivity contribution in [1.82, 2.24) is 4.72 Å². The van der Waals surface area contributed by atoms with Crippen molar-refractivity contribution in [3.63, 3.8) is 0 Å². The van der Waals surface area contributed by atoms with Crippen molar-refractivity contribution >= 4 is 16.0 Å². The Hall–Kier alpha value is -2.18. The van der Waals surface area contributed by atoms with Crippen LogP contribution >= 0.6 is 0 Å². The molecule has 2 rings (SSSR count). The summed E-state index contributed by atoms with van der Waals surface area (Å²) < 4.78 is 30.7. The molecule has 22 heavy (non-hydrogen) atoms. The Labute approximate surface area is 130 Å². The first-order valence-corrected chi connectivity index (χ1v) is 8.28. The molecular weight excluding hydrogens is 302 g/mol. The molecule has 0 heterocycles. The first-order chi connectivity index (χ1) is 10.5. The van der Waals surface area contributed by atoms with Gasteiger partial charge < -0.3 is 4.74 Å². The molecule has 0 atom stereocenters. The lowest BCUT2D eigenvalue weighted by molar-refractivity contribution is 0.0527. The minimum absolute atomic E-state index is 0.173. The van der Waals surface area contributed by atoms with Crippen molar-refractivity contribution in [1.29, 1.82) is 0 Å². The molecule has 0 amide bonds. The van der Waals surface area contributed by atoms with Gasteiger partial charge in [-0.15, -0.1) is 0 Å². The average molecular weight is 319 g/mol. The van der Waals surface area contributed by atoms with E-state index in [9.17, 15) is 13.2 Å². The molecule has 2 aromatic rings. The third-order valence-electron chi connectivity index (χ3n) is 3.17. The standard InChI is InChI=1S/C16H17NO4S/c1-3-21-16(18)15-7-5-4-6-14(15)12-8-10-13(11-9-12)22(19,20)17-2/h4-11,17H,3H2,1-2H3. The molecule has 0 radical (unpaired) electrons. The minimum atomic E-state index is -3.47. The predicted molar refractivity (Wildman–Crippen MR) is 84.1 cm³/mol. The summed E-state index contributed by atoms with van der Waals surface area (Å²) in [5.41, 5.74) is 1.90. The maximum absolute atomic E-state index is 12.0. The van der Waals surface area contributed by atoms with Crippen molar-refractivity contribution in [2.24, 2.45) is 0 Å². The Morgan fingerprint density at radius 1 is 1.09 bits per heavy atom. The first kappa shape index (κ1) is 16.2. The van der Waals surface area contributed by atoms with E-state index < -0.39 is 16.0 Å². The number of hydrogen-bond acceptors (Lipinski definition) is 4. The third-order valence-corrected chi connectivity index (χ3v) is 4.60. The highest BCUT2D eigenvalue weighted by Gasteiger charge is 2.15. The summed E-state index contributed by atoms with van der Waals surface area (Å²) in [7, 11) is -2.11. The van der Waals surface area contributed by atoms with E-state index in [0.29, 0.717) is 17.7 Å². The summed E-state index contributed by atoms with van der Waals surface area (Å²) in [6.07, 6.45) is 0. The van der Waals surface area contributed by atoms with E-state index in [1.54, 1.807) is 37.3 Å². The smallest absolute Gasteiger partial charge is 0.338 e. The topological polar surface area (TPSA) is 72.5 Å². The van der Waals surface area contributed by atoms with Crippen LogP contribution in [0.2, 0.25) is 0 Å². The van der Waals surface area contributed by atoms with Gasteiger partial charge in [0.15, 0.2) is 0 Å². The van der Waals surface area contributed by atoms with E-state index in [-0.39, 0.29) is 4.90 Å². The lowest BCUT2D eigenvalue weighted by atomic mass is 10.00. The quantitative estimate of drug-likeness (QED) is 0.859. The molecule has 0 aliphatic heterocycles. The van der Waals surface area contributed by atoms with Crippen molar-refractivity contribution in [3.05, 3.63) is 54.1 Å². The number of carbonyl (C=O) groups excluding carboxylic acids is 1. The second kappa shape index (κ2) is 6.72. The third kappa shape index (κ3) is 3.35. The van der Waals surface area contributed by atoms with E-state index in [1.165, 1.54) is 19.2 Å². The molecule has 2 aromatic carbocycles. The van der Waals surface area contributed by atoms with Gasteiger partial charge in [0.1, 0.15) is 0 Å². The molecule has 0 aromatic heterocycles. The predicted octanol–water partition coefficient (Wildman–Crippen LogP) is 2.44. The molecule has 0 fully saturated rings. The van der Waals surface area contributed by atoms with Crippen LogP contribution in [0.15, 0.2) is 53.4 Å². The Balaban J connectivity index is 2.43. The van der Waals surface area contributed by atoms with Crippen LogP contribution in [0, 0.1) is 0 Å². The van der Waals surface area contributed by atoms with Crippen LogP contribution in [0.5, 0.6) is 0 Å². The van der Waals surface area contributed by atoms with Crippen LogP contribution in [0.1, 0.15) is 17.3 Å². The van der Waals surface area contributed by atoms with Crippen LogP contribution in [-0.2, 0) is 14.8 Å². The van der Waals surface area contributed by atoms with Crippen molar-refractivity contribution < 1.29 is 17.9 Å². The fraction of sp³-hybridized carbons (Fsp3) is 0.188. The zero-order chi connectivity index (χ0) is 16.2. The second-order valence-electron chi connectivity index (χ2n) is 4.50. The summed E-state index contributed by atoms with van der Waals surface area (Å²) in [4.78, 5) is 12.2. The van der Waals surface area contributed by atoms with Gasteiger partial charge in [-0.3, -0.25) is 0 Å². The largest absolute Gasteiger partial charge is 0.462 e. The molecule has 0 saturated carbocycles. The molecule has 0 saturated heterocycles. The van der Waals surface area contributed by atoms with Gasteiger partial charge in [0.25, 0.3) is 0 Å². The number of nitrogens with one attached hydrogen (secondary N) is 1. The molecule has 116 valence electrons. The van der Waals surface area contributed by atoms with Crippen molar-refractivity contribution in [2.75, 3.05) is 13.7 Å². The number of rotatable bonds is 5. The average Bonchev–Trinajstić information content (AvgIpc) is 2.55. The van der Waals surface area contributed by atoms with Crippen LogP contribution in [0.25, 0.3) is 11.1 Å². The highest BCUT2D eigenvalue weighted by atomic mass is 32.2.